The predicted molar refractivity (Wildman–Crippen MR) is 67.4 cm³/mol. The number of benzene rings is 1. The van der Waals surface area contributed by atoms with Crippen molar-refractivity contribution < 1.29 is 18.6 Å². The minimum atomic E-state index is -1.11. The summed E-state index contributed by atoms with van der Waals surface area (Å²) in [5, 5.41) is 21.6. The molecule has 0 aliphatic heterocycles. The summed E-state index contributed by atoms with van der Waals surface area (Å²) in [5.74, 6) is -1.38. The van der Waals surface area contributed by atoms with Gasteiger partial charge in [0.25, 0.3) is 5.03 Å². The molecule has 0 aliphatic carbocycles. The molecule has 0 saturated carbocycles. The maximum atomic E-state index is 13.4. The van der Waals surface area contributed by atoms with Crippen LogP contribution in [0.25, 0.3) is 0 Å². The van der Waals surface area contributed by atoms with Crippen LogP contribution in [0.2, 0.25) is 0 Å². The molecule has 1 heterocycles. The highest BCUT2D eigenvalue weighted by molar-refractivity contribution is 7.99. The van der Waals surface area contributed by atoms with Crippen LogP contribution in [0.15, 0.2) is 47.6 Å². The summed E-state index contributed by atoms with van der Waals surface area (Å²) in [6.07, 6.45) is 0.235. The van der Waals surface area contributed by atoms with E-state index in [-0.39, 0.29) is 11.3 Å². The third-order valence-corrected chi connectivity index (χ3v) is 3.59. The van der Waals surface area contributed by atoms with Crippen molar-refractivity contribution in [2.45, 2.75) is 11.1 Å². The van der Waals surface area contributed by atoms with E-state index >= 15 is 0 Å². The van der Waals surface area contributed by atoms with E-state index in [1.165, 1.54) is 12.3 Å². The van der Waals surface area contributed by atoms with Crippen molar-refractivity contribution in [2.24, 2.45) is 0 Å². The van der Waals surface area contributed by atoms with E-state index in [0.717, 1.165) is 23.9 Å². The lowest BCUT2D eigenvalue weighted by atomic mass is 10.1. The molecule has 0 aliphatic rings. The molecule has 0 bridgehead atoms. The van der Waals surface area contributed by atoms with Gasteiger partial charge in [0.15, 0.2) is 6.20 Å². The van der Waals surface area contributed by atoms with Crippen LogP contribution in [0.5, 0.6) is 0 Å². The third kappa shape index (κ3) is 3.42. The molecule has 19 heavy (non-hydrogen) atoms. The van der Waals surface area contributed by atoms with E-state index in [0.29, 0.717) is 9.76 Å². The molecular weight excluding hydrogens is 272 g/mol. The van der Waals surface area contributed by atoms with Crippen molar-refractivity contribution in [1.29, 1.82) is 0 Å². The first kappa shape index (κ1) is 13.8. The molecule has 1 aromatic heterocycles. The molecule has 2 rings (SSSR count). The zero-order valence-electron chi connectivity index (χ0n) is 9.79. The highest BCUT2D eigenvalue weighted by atomic mass is 32.2. The van der Waals surface area contributed by atoms with Gasteiger partial charge in [-0.05, 0) is 12.1 Å². The Labute approximate surface area is 113 Å². The van der Waals surface area contributed by atoms with E-state index in [9.17, 15) is 19.1 Å². The third-order valence-electron chi connectivity index (χ3n) is 2.50. The van der Waals surface area contributed by atoms with Gasteiger partial charge in [-0.15, -0.1) is 0 Å². The minimum Gasteiger partial charge on any atom is -0.618 e. The van der Waals surface area contributed by atoms with Crippen molar-refractivity contribution in [3.05, 3.63) is 65.0 Å². The Morgan fingerprint density at radius 2 is 2.05 bits per heavy atom. The summed E-state index contributed by atoms with van der Waals surface area (Å²) < 4.78 is 26.8. The second-order valence-electron chi connectivity index (χ2n) is 3.86. The fourth-order valence-corrected chi connectivity index (χ4v) is 2.42. The number of thioether (sulfide) groups is 1. The zero-order chi connectivity index (χ0) is 13.8. The standard InChI is InChI=1S/C13H11F2NO2S/c14-9-4-5-10(11(15)7-9)12(17)8-19-13-3-1-2-6-16(13)18/h1-7,12,17H,8H2. The molecule has 0 saturated heterocycles. The Morgan fingerprint density at radius 1 is 1.26 bits per heavy atom. The number of hydrogen-bond acceptors (Lipinski definition) is 3. The first-order valence-electron chi connectivity index (χ1n) is 5.52. The number of pyridine rings is 1. The van der Waals surface area contributed by atoms with E-state index < -0.39 is 17.7 Å². The first-order valence-corrected chi connectivity index (χ1v) is 6.50. The molecule has 0 amide bonds. The van der Waals surface area contributed by atoms with Gasteiger partial charge >= 0.3 is 0 Å². The summed E-state index contributed by atoms with van der Waals surface area (Å²) in [6, 6.07) is 7.90. The van der Waals surface area contributed by atoms with Crippen LogP contribution in [-0.2, 0) is 0 Å². The van der Waals surface area contributed by atoms with Gasteiger partial charge < -0.3 is 10.3 Å². The lowest BCUT2D eigenvalue weighted by molar-refractivity contribution is -0.645. The fraction of sp³-hybridized carbons (Fsp3) is 0.154. The van der Waals surface area contributed by atoms with Gasteiger partial charge in [0.2, 0.25) is 0 Å². The van der Waals surface area contributed by atoms with Gasteiger partial charge in [-0.1, -0.05) is 17.8 Å². The molecule has 100 valence electrons. The predicted octanol–water partition coefficient (Wildman–Crippen LogP) is 2.42. The Bertz CT molecular complexity index is 580. The van der Waals surface area contributed by atoms with Crippen LogP contribution in [0.1, 0.15) is 11.7 Å². The molecule has 0 radical (unpaired) electrons. The number of hydrogen-bond donors (Lipinski definition) is 1. The summed E-state index contributed by atoms with van der Waals surface area (Å²) in [6.45, 7) is 0. The summed E-state index contributed by atoms with van der Waals surface area (Å²) >= 11 is 1.10. The molecule has 1 N–H and O–H groups in total. The Balaban J connectivity index is 2.05. The maximum Gasteiger partial charge on any atom is 0.251 e. The number of aromatic nitrogens is 1. The molecule has 0 fully saturated rings. The van der Waals surface area contributed by atoms with Gasteiger partial charge in [-0.25, -0.2) is 8.78 Å². The molecule has 1 atom stereocenters. The SMILES string of the molecule is [O-][n+]1ccccc1SCC(O)c1ccc(F)cc1F. The smallest absolute Gasteiger partial charge is 0.251 e. The molecule has 1 aromatic carbocycles. The minimum absolute atomic E-state index is 0.0160. The van der Waals surface area contributed by atoms with Crippen LogP contribution in [0, 0.1) is 16.8 Å². The van der Waals surface area contributed by atoms with Gasteiger partial charge in [0.05, 0.1) is 6.10 Å². The number of nitrogens with zero attached hydrogens (tertiary/aromatic N) is 1. The largest absolute Gasteiger partial charge is 0.618 e. The monoisotopic (exact) mass is 283 g/mol. The highest BCUT2D eigenvalue weighted by Crippen LogP contribution is 2.24. The van der Waals surface area contributed by atoms with Gasteiger partial charge in [-0.3, -0.25) is 0 Å². The topological polar surface area (TPSA) is 47.2 Å². The number of halogens is 2. The Kier molecular flexibility index (Phi) is 4.34. The molecule has 2 aromatic rings. The van der Waals surface area contributed by atoms with Crippen LogP contribution in [0.4, 0.5) is 8.78 Å². The lowest BCUT2D eigenvalue weighted by Crippen LogP contribution is -2.28. The second kappa shape index (κ2) is 5.99. The number of aliphatic hydroxyl groups excluding tert-OH is 1. The van der Waals surface area contributed by atoms with Gasteiger partial charge in [0, 0.05) is 29.5 Å². The van der Waals surface area contributed by atoms with E-state index in [1.807, 2.05) is 0 Å². The van der Waals surface area contributed by atoms with Gasteiger partial charge in [0.1, 0.15) is 11.6 Å². The molecule has 0 spiro atoms. The quantitative estimate of drug-likeness (QED) is 0.532. The van der Waals surface area contributed by atoms with E-state index in [4.69, 9.17) is 0 Å². The second-order valence-corrected chi connectivity index (χ2v) is 4.90. The van der Waals surface area contributed by atoms with Crippen LogP contribution >= 0.6 is 11.8 Å². The normalized spacial score (nSPS) is 12.4. The lowest BCUT2D eigenvalue weighted by Gasteiger charge is -2.11. The highest BCUT2D eigenvalue weighted by Gasteiger charge is 2.16. The van der Waals surface area contributed by atoms with Crippen LogP contribution in [0.3, 0.4) is 0 Å². The van der Waals surface area contributed by atoms with E-state index in [2.05, 4.69) is 0 Å². The van der Waals surface area contributed by atoms with Crippen molar-refractivity contribution >= 4 is 11.8 Å². The molecule has 3 nitrogen and oxygen atoms in total. The summed E-state index contributed by atoms with van der Waals surface area (Å²) in [5.41, 5.74) is 0.0160. The van der Waals surface area contributed by atoms with E-state index in [1.54, 1.807) is 18.2 Å². The molecule has 6 heteroatoms. The Morgan fingerprint density at radius 3 is 2.74 bits per heavy atom. The van der Waals surface area contributed by atoms with Crippen molar-refractivity contribution in [1.82, 2.24) is 0 Å². The average Bonchev–Trinajstić information content (AvgIpc) is 2.37. The maximum absolute atomic E-state index is 13.4. The molecule has 1 unspecified atom stereocenters. The number of aliphatic hydroxyl groups is 1. The van der Waals surface area contributed by atoms with Crippen LogP contribution in [-0.4, -0.2) is 10.9 Å². The average molecular weight is 283 g/mol. The Hall–Kier alpha value is -1.66. The van der Waals surface area contributed by atoms with Crippen molar-refractivity contribution in [3.63, 3.8) is 0 Å². The van der Waals surface area contributed by atoms with Crippen LogP contribution < -0.4 is 4.73 Å². The first-order chi connectivity index (χ1) is 9.08. The van der Waals surface area contributed by atoms with Gasteiger partial charge in [-0.2, -0.15) is 4.73 Å². The fourth-order valence-electron chi connectivity index (χ4n) is 1.55. The summed E-state index contributed by atoms with van der Waals surface area (Å²) in [7, 11) is 0. The summed E-state index contributed by atoms with van der Waals surface area (Å²) in [4.78, 5) is 0. The molecular formula is C13H11F2NO2S. The van der Waals surface area contributed by atoms with Crippen molar-refractivity contribution in [2.75, 3.05) is 5.75 Å². The van der Waals surface area contributed by atoms with Crippen molar-refractivity contribution in [3.8, 4) is 0 Å². The number of rotatable bonds is 4. The zero-order valence-corrected chi connectivity index (χ0v) is 10.6.